The van der Waals surface area contributed by atoms with Crippen LogP contribution in [0.15, 0.2) is 18.2 Å². The van der Waals surface area contributed by atoms with Crippen molar-refractivity contribution < 1.29 is 4.79 Å². The summed E-state index contributed by atoms with van der Waals surface area (Å²) < 4.78 is 0. The van der Waals surface area contributed by atoms with Crippen LogP contribution < -0.4 is 10.2 Å². The number of likely N-dealkylation sites (N-methyl/N-ethyl adjacent to an activating group) is 1. The molecule has 3 heteroatoms. The lowest BCUT2D eigenvalue weighted by Crippen LogP contribution is -2.43. The van der Waals surface area contributed by atoms with Crippen molar-refractivity contribution in [1.82, 2.24) is 0 Å². The Labute approximate surface area is 83.7 Å². The zero-order chi connectivity index (χ0) is 10.3. The Bertz CT molecular complexity index is 387. The van der Waals surface area contributed by atoms with E-state index in [0.717, 1.165) is 11.4 Å². The SMILES string of the molecule is Cc1ccc2c(c1)NC(C)C(=O)N2C. The smallest absolute Gasteiger partial charge is 0.248 e. The third-order valence-electron chi connectivity index (χ3n) is 2.59. The minimum atomic E-state index is -0.130. The molecule has 0 aromatic heterocycles. The van der Waals surface area contributed by atoms with E-state index in [9.17, 15) is 4.79 Å². The quantitative estimate of drug-likeness (QED) is 0.676. The summed E-state index contributed by atoms with van der Waals surface area (Å²) in [6, 6.07) is 5.92. The number of rotatable bonds is 0. The van der Waals surface area contributed by atoms with Crippen LogP contribution in [0.4, 0.5) is 11.4 Å². The maximum atomic E-state index is 11.6. The fourth-order valence-corrected chi connectivity index (χ4v) is 1.76. The summed E-state index contributed by atoms with van der Waals surface area (Å²) in [6.07, 6.45) is 0. The largest absolute Gasteiger partial charge is 0.372 e. The number of carbonyl (C=O) groups is 1. The maximum absolute atomic E-state index is 11.6. The lowest BCUT2D eigenvalue weighted by molar-refractivity contribution is -0.118. The minimum Gasteiger partial charge on any atom is -0.372 e. The predicted octanol–water partition coefficient (Wildman–Crippen LogP) is 1.77. The summed E-state index contributed by atoms with van der Waals surface area (Å²) in [7, 11) is 1.81. The Morgan fingerprint density at radius 1 is 1.43 bits per heavy atom. The number of amides is 1. The number of nitrogens with zero attached hydrogens (tertiary/aromatic N) is 1. The van der Waals surface area contributed by atoms with Crippen LogP contribution in [0, 0.1) is 6.92 Å². The van der Waals surface area contributed by atoms with Gasteiger partial charge >= 0.3 is 0 Å². The molecule has 1 N–H and O–H groups in total. The van der Waals surface area contributed by atoms with Gasteiger partial charge in [0.15, 0.2) is 0 Å². The Hall–Kier alpha value is -1.51. The highest BCUT2D eigenvalue weighted by Crippen LogP contribution is 2.30. The zero-order valence-electron chi connectivity index (χ0n) is 8.66. The van der Waals surface area contributed by atoms with E-state index in [1.54, 1.807) is 4.90 Å². The van der Waals surface area contributed by atoms with Gasteiger partial charge in [-0.25, -0.2) is 0 Å². The second kappa shape index (κ2) is 3.01. The Balaban J connectivity index is 2.50. The lowest BCUT2D eigenvalue weighted by Gasteiger charge is -2.31. The minimum absolute atomic E-state index is 0.112. The number of benzene rings is 1. The van der Waals surface area contributed by atoms with Crippen molar-refractivity contribution in [2.45, 2.75) is 19.9 Å². The van der Waals surface area contributed by atoms with E-state index < -0.39 is 0 Å². The third-order valence-corrected chi connectivity index (χ3v) is 2.59. The van der Waals surface area contributed by atoms with Crippen molar-refractivity contribution in [2.24, 2.45) is 0 Å². The van der Waals surface area contributed by atoms with Crippen LogP contribution in [0.3, 0.4) is 0 Å². The molecule has 1 amide bonds. The molecule has 1 atom stereocenters. The number of nitrogens with one attached hydrogen (secondary N) is 1. The van der Waals surface area contributed by atoms with Crippen molar-refractivity contribution in [1.29, 1.82) is 0 Å². The van der Waals surface area contributed by atoms with Crippen LogP contribution >= 0.6 is 0 Å². The van der Waals surface area contributed by atoms with E-state index in [-0.39, 0.29) is 11.9 Å². The zero-order valence-corrected chi connectivity index (χ0v) is 8.66. The van der Waals surface area contributed by atoms with Gasteiger partial charge in [0.2, 0.25) is 5.91 Å². The highest BCUT2D eigenvalue weighted by molar-refractivity contribution is 6.04. The molecule has 0 spiro atoms. The van der Waals surface area contributed by atoms with Gasteiger partial charge in [-0.2, -0.15) is 0 Å². The normalized spacial score (nSPS) is 20.4. The van der Waals surface area contributed by atoms with Gasteiger partial charge in [0.25, 0.3) is 0 Å². The monoisotopic (exact) mass is 190 g/mol. The molecule has 3 nitrogen and oxygen atoms in total. The lowest BCUT2D eigenvalue weighted by atomic mass is 10.1. The van der Waals surface area contributed by atoms with Gasteiger partial charge in [-0.3, -0.25) is 4.79 Å². The van der Waals surface area contributed by atoms with Crippen LogP contribution in [-0.2, 0) is 4.79 Å². The van der Waals surface area contributed by atoms with Crippen LogP contribution in [0.5, 0.6) is 0 Å². The molecule has 1 heterocycles. The molecule has 14 heavy (non-hydrogen) atoms. The van der Waals surface area contributed by atoms with Gasteiger partial charge < -0.3 is 10.2 Å². The molecular weight excluding hydrogens is 176 g/mol. The first-order valence-electron chi connectivity index (χ1n) is 4.74. The van der Waals surface area contributed by atoms with Crippen molar-refractivity contribution in [3.05, 3.63) is 23.8 Å². The van der Waals surface area contributed by atoms with Gasteiger partial charge in [-0.15, -0.1) is 0 Å². The highest BCUT2D eigenvalue weighted by Gasteiger charge is 2.26. The molecule has 1 unspecified atom stereocenters. The van der Waals surface area contributed by atoms with Gasteiger partial charge in [0, 0.05) is 7.05 Å². The van der Waals surface area contributed by atoms with E-state index in [2.05, 4.69) is 11.4 Å². The molecule has 1 aliphatic heterocycles. The van der Waals surface area contributed by atoms with Gasteiger partial charge in [-0.05, 0) is 31.5 Å². The topological polar surface area (TPSA) is 32.3 Å². The van der Waals surface area contributed by atoms with Crippen LogP contribution in [0.1, 0.15) is 12.5 Å². The van der Waals surface area contributed by atoms with E-state index in [1.165, 1.54) is 5.56 Å². The van der Waals surface area contributed by atoms with Crippen LogP contribution in [0.2, 0.25) is 0 Å². The average molecular weight is 190 g/mol. The van der Waals surface area contributed by atoms with E-state index in [4.69, 9.17) is 0 Å². The summed E-state index contributed by atoms with van der Waals surface area (Å²) in [5, 5.41) is 3.19. The first-order valence-corrected chi connectivity index (χ1v) is 4.74. The number of hydrogen-bond donors (Lipinski definition) is 1. The molecule has 2 rings (SSSR count). The molecule has 1 aromatic rings. The molecule has 0 aliphatic carbocycles. The molecule has 0 radical (unpaired) electrons. The Kier molecular flexibility index (Phi) is 1.95. The molecule has 0 fully saturated rings. The number of hydrogen-bond acceptors (Lipinski definition) is 2. The molecule has 0 saturated heterocycles. The van der Waals surface area contributed by atoms with E-state index in [0.29, 0.717) is 0 Å². The number of fused-ring (bicyclic) bond motifs is 1. The summed E-state index contributed by atoms with van der Waals surface area (Å²) in [6.45, 7) is 3.92. The summed E-state index contributed by atoms with van der Waals surface area (Å²) in [5.74, 6) is 0.112. The first-order chi connectivity index (χ1) is 6.59. The summed E-state index contributed by atoms with van der Waals surface area (Å²) in [5.41, 5.74) is 3.20. The molecule has 1 aromatic carbocycles. The van der Waals surface area contributed by atoms with Crippen LogP contribution in [-0.4, -0.2) is 19.0 Å². The first kappa shape index (κ1) is 9.06. The van der Waals surface area contributed by atoms with Crippen LogP contribution in [0.25, 0.3) is 0 Å². The maximum Gasteiger partial charge on any atom is 0.248 e. The van der Waals surface area contributed by atoms with E-state index in [1.807, 2.05) is 33.0 Å². The molecular formula is C11H14N2O. The predicted molar refractivity (Wildman–Crippen MR) is 57.7 cm³/mol. The molecule has 0 saturated carbocycles. The third kappa shape index (κ3) is 1.25. The summed E-state index contributed by atoms with van der Waals surface area (Å²) in [4.78, 5) is 13.3. The molecule has 0 bridgehead atoms. The second-order valence-electron chi connectivity index (χ2n) is 3.78. The molecule has 1 aliphatic rings. The second-order valence-corrected chi connectivity index (χ2v) is 3.78. The van der Waals surface area contributed by atoms with E-state index >= 15 is 0 Å². The van der Waals surface area contributed by atoms with Gasteiger partial charge in [0.1, 0.15) is 6.04 Å². The Morgan fingerprint density at radius 2 is 2.14 bits per heavy atom. The van der Waals surface area contributed by atoms with Crippen molar-refractivity contribution >= 4 is 17.3 Å². The van der Waals surface area contributed by atoms with Crippen molar-refractivity contribution in [2.75, 3.05) is 17.3 Å². The van der Waals surface area contributed by atoms with Gasteiger partial charge in [0.05, 0.1) is 11.4 Å². The number of anilines is 2. The fraction of sp³-hybridized carbons (Fsp3) is 0.364. The van der Waals surface area contributed by atoms with Crippen molar-refractivity contribution in [3.8, 4) is 0 Å². The molecule has 74 valence electrons. The fourth-order valence-electron chi connectivity index (χ4n) is 1.76. The summed E-state index contributed by atoms with van der Waals surface area (Å²) >= 11 is 0. The number of carbonyl (C=O) groups excluding carboxylic acids is 1. The average Bonchev–Trinajstić information content (AvgIpc) is 2.14. The van der Waals surface area contributed by atoms with Crippen molar-refractivity contribution in [3.63, 3.8) is 0 Å². The Morgan fingerprint density at radius 3 is 2.86 bits per heavy atom. The van der Waals surface area contributed by atoms with Gasteiger partial charge in [-0.1, -0.05) is 6.07 Å². The highest BCUT2D eigenvalue weighted by atomic mass is 16.2. The standard InChI is InChI=1S/C11H14N2O/c1-7-4-5-10-9(6-7)12-8(2)11(14)13(10)3/h4-6,8,12H,1-3H3. The number of aryl methyl sites for hydroxylation is 1.